The van der Waals surface area contributed by atoms with E-state index in [1.807, 2.05) is 0 Å². The number of hydrogen-bond donors (Lipinski definition) is 0. The van der Waals surface area contributed by atoms with Gasteiger partial charge in [0.25, 0.3) is 0 Å². The van der Waals surface area contributed by atoms with Crippen LogP contribution in [0.2, 0.25) is 0 Å². The lowest BCUT2D eigenvalue weighted by Crippen LogP contribution is -1.90. The van der Waals surface area contributed by atoms with Crippen LogP contribution in [0.3, 0.4) is 0 Å². The normalized spacial score (nSPS) is 10.2. The lowest BCUT2D eigenvalue weighted by molar-refractivity contribution is -0.389. The van der Waals surface area contributed by atoms with E-state index in [4.69, 9.17) is 0 Å². The lowest BCUT2D eigenvalue weighted by Gasteiger charge is -1.98. The number of hydrogen-bond acceptors (Lipinski definition) is 3. The monoisotopic (exact) mass is 207 g/mol. The van der Waals surface area contributed by atoms with Crippen LogP contribution in [0, 0.1) is 15.9 Å². The number of nitrogens with zero attached hydrogens (tertiary/aromatic N) is 3. The van der Waals surface area contributed by atoms with Crippen LogP contribution in [-0.4, -0.2) is 14.5 Å². The van der Waals surface area contributed by atoms with Crippen LogP contribution >= 0.6 is 0 Å². The van der Waals surface area contributed by atoms with E-state index in [0.717, 1.165) is 0 Å². The molecule has 0 saturated carbocycles. The molecule has 0 atom stereocenters. The summed E-state index contributed by atoms with van der Waals surface area (Å²) in [6.07, 6.45) is 2.50. The first-order valence-electron chi connectivity index (χ1n) is 4.11. The SMILES string of the molecule is O=[N+]([O-])c1cn(-c2cccc(F)c2)cn1. The molecule has 0 aliphatic carbocycles. The summed E-state index contributed by atoms with van der Waals surface area (Å²) >= 11 is 0. The van der Waals surface area contributed by atoms with Gasteiger partial charge in [-0.05, 0) is 28.1 Å². The summed E-state index contributed by atoms with van der Waals surface area (Å²) in [4.78, 5) is 13.3. The molecule has 0 bridgehead atoms. The van der Waals surface area contributed by atoms with Crippen molar-refractivity contribution in [3.8, 4) is 5.69 Å². The van der Waals surface area contributed by atoms with Gasteiger partial charge in [-0.25, -0.2) is 4.39 Å². The highest BCUT2D eigenvalue weighted by Gasteiger charge is 2.10. The maximum absolute atomic E-state index is 12.9. The molecule has 0 spiro atoms. The fourth-order valence-corrected chi connectivity index (χ4v) is 1.18. The Hall–Kier alpha value is -2.24. The van der Waals surface area contributed by atoms with Crippen molar-refractivity contribution in [1.82, 2.24) is 9.55 Å². The largest absolute Gasteiger partial charge is 0.381 e. The Kier molecular flexibility index (Phi) is 2.17. The third-order valence-electron chi connectivity index (χ3n) is 1.86. The molecule has 0 aliphatic rings. The molecule has 1 aromatic heterocycles. The van der Waals surface area contributed by atoms with Gasteiger partial charge in [0, 0.05) is 0 Å². The number of benzene rings is 1. The van der Waals surface area contributed by atoms with Crippen molar-refractivity contribution in [1.29, 1.82) is 0 Å². The van der Waals surface area contributed by atoms with Crippen LogP contribution in [0.25, 0.3) is 5.69 Å². The molecule has 1 heterocycles. The van der Waals surface area contributed by atoms with Crippen LogP contribution < -0.4 is 0 Å². The minimum Gasteiger partial charge on any atom is -0.358 e. The predicted octanol–water partition coefficient (Wildman–Crippen LogP) is 1.92. The molecule has 0 N–H and O–H groups in total. The van der Waals surface area contributed by atoms with E-state index in [1.54, 1.807) is 6.07 Å². The quantitative estimate of drug-likeness (QED) is 0.558. The van der Waals surface area contributed by atoms with Crippen molar-refractivity contribution in [3.63, 3.8) is 0 Å². The van der Waals surface area contributed by atoms with Gasteiger partial charge < -0.3 is 10.1 Å². The summed E-state index contributed by atoms with van der Waals surface area (Å²) < 4.78 is 14.2. The Labute approximate surface area is 83.9 Å². The maximum atomic E-state index is 12.9. The first-order valence-corrected chi connectivity index (χ1v) is 4.11. The Morgan fingerprint density at radius 2 is 2.27 bits per heavy atom. The van der Waals surface area contributed by atoms with Gasteiger partial charge in [0.05, 0.1) is 5.69 Å². The van der Waals surface area contributed by atoms with Gasteiger partial charge in [-0.15, -0.1) is 0 Å². The molecule has 0 radical (unpaired) electrons. The van der Waals surface area contributed by atoms with Crippen LogP contribution in [0.15, 0.2) is 36.8 Å². The first-order chi connectivity index (χ1) is 7.16. The molecular formula is C9H6FN3O2. The molecule has 0 unspecified atom stereocenters. The van der Waals surface area contributed by atoms with Crippen molar-refractivity contribution in [2.24, 2.45) is 0 Å². The van der Waals surface area contributed by atoms with Crippen molar-refractivity contribution < 1.29 is 9.31 Å². The van der Waals surface area contributed by atoms with E-state index in [-0.39, 0.29) is 5.82 Å². The van der Waals surface area contributed by atoms with Crippen molar-refractivity contribution in [2.45, 2.75) is 0 Å². The van der Waals surface area contributed by atoms with E-state index in [0.29, 0.717) is 5.69 Å². The van der Waals surface area contributed by atoms with Crippen molar-refractivity contribution in [2.75, 3.05) is 0 Å². The molecule has 2 rings (SSSR count). The average Bonchev–Trinajstić information content (AvgIpc) is 2.66. The van der Waals surface area contributed by atoms with E-state index in [1.165, 1.54) is 35.3 Å². The maximum Gasteiger partial charge on any atom is 0.381 e. The van der Waals surface area contributed by atoms with Gasteiger partial charge in [0.15, 0.2) is 0 Å². The highest BCUT2D eigenvalue weighted by atomic mass is 19.1. The molecule has 1 aromatic carbocycles. The number of imidazole rings is 1. The highest BCUT2D eigenvalue weighted by molar-refractivity contribution is 5.34. The first kappa shape index (κ1) is 9.32. The zero-order valence-electron chi connectivity index (χ0n) is 7.50. The van der Waals surface area contributed by atoms with Crippen LogP contribution in [-0.2, 0) is 0 Å². The summed E-state index contributed by atoms with van der Waals surface area (Å²) in [6, 6.07) is 5.73. The van der Waals surface area contributed by atoms with Crippen LogP contribution in [0.4, 0.5) is 10.2 Å². The summed E-state index contributed by atoms with van der Waals surface area (Å²) in [7, 11) is 0. The van der Waals surface area contributed by atoms with E-state index in [2.05, 4.69) is 4.98 Å². The van der Waals surface area contributed by atoms with Gasteiger partial charge in [0.2, 0.25) is 6.33 Å². The molecule has 0 saturated heterocycles. The van der Waals surface area contributed by atoms with Gasteiger partial charge in [-0.2, -0.15) is 0 Å². The highest BCUT2D eigenvalue weighted by Crippen LogP contribution is 2.13. The molecular weight excluding hydrogens is 201 g/mol. The van der Waals surface area contributed by atoms with Gasteiger partial charge in [0.1, 0.15) is 12.0 Å². The Bertz CT molecular complexity index is 510. The molecule has 0 amide bonds. The second-order valence-electron chi connectivity index (χ2n) is 2.88. The number of nitro groups is 1. The Morgan fingerprint density at radius 1 is 1.47 bits per heavy atom. The van der Waals surface area contributed by atoms with Gasteiger partial charge in [-0.1, -0.05) is 6.07 Å². The van der Waals surface area contributed by atoms with Gasteiger partial charge >= 0.3 is 5.82 Å². The molecule has 0 fully saturated rings. The average molecular weight is 207 g/mol. The lowest BCUT2D eigenvalue weighted by atomic mass is 10.3. The topological polar surface area (TPSA) is 61.0 Å². The predicted molar refractivity (Wildman–Crippen MR) is 50.2 cm³/mol. The number of rotatable bonds is 2. The summed E-state index contributed by atoms with van der Waals surface area (Å²) in [6.45, 7) is 0. The van der Waals surface area contributed by atoms with Crippen LogP contribution in [0.1, 0.15) is 0 Å². The third-order valence-corrected chi connectivity index (χ3v) is 1.86. The summed E-state index contributed by atoms with van der Waals surface area (Å²) in [5.74, 6) is -0.664. The molecule has 2 aromatic rings. The second-order valence-corrected chi connectivity index (χ2v) is 2.88. The smallest absolute Gasteiger partial charge is 0.358 e. The molecule has 76 valence electrons. The minimum absolute atomic E-state index is 0.265. The fraction of sp³-hybridized carbons (Fsp3) is 0. The van der Waals surface area contributed by atoms with Crippen LogP contribution in [0.5, 0.6) is 0 Å². The zero-order valence-corrected chi connectivity index (χ0v) is 7.50. The van der Waals surface area contributed by atoms with E-state index in [9.17, 15) is 14.5 Å². The standard InChI is InChI=1S/C9H6FN3O2/c10-7-2-1-3-8(4-7)12-5-9(11-6-12)13(14)15/h1-6H. The number of halogens is 1. The second kappa shape index (κ2) is 3.49. The van der Waals surface area contributed by atoms with E-state index >= 15 is 0 Å². The van der Waals surface area contributed by atoms with Crippen molar-refractivity contribution >= 4 is 5.82 Å². The van der Waals surface area contributed by atoms with Gasteiger partial charge in [-0.3, -0.25) is 4.57 Å². The number of aromatic nitrogens is 2. The third kappa shape index (κ3) is 1.83. The van der Waals surface area contributed by atoms with Crippen molar-refractivity contribution in [3.05, 3.63) is 52.7 Å². The fourth-order valence-electron chi connectivity index (χ4n) is 1.18. The Morgan fingerprint density at radius 3 is 2.87 bits per heavy atom. The molecule has 0 aliphatic heterocycles. The zero-order chi connectivity index (χ0) is 10.8. The summed E-state index contributed by atoms with van der Waals surface area (Å²) in [5, 5.41) is 10.4. The summed E-state index contributed by atoms with van der Waals surface area (Å²) in [5.41, 5.74) is 0.496. The molecule has 15 heavy (non-hydrogen) atoms. The minimum atomic E-state index is -0.601. The van der Waals surface area contributed by atoms with E-state index < -0.39 is 10.7 Å². The molecule has 6 heteroatoms. The molecule has 5 nitrogen and oxygen atoms in total. The Balaban J connectivity index is 2.41.